The van der Waals surface area contributed by atoms with Gasteiger partial charge >= 0.3 is 6.03 Å². The van der Waals surface area contributed by atoms with Crippen LogP contribution in [0.4, 0.5) is 16.3 Å². The predicted octanol–water partition coefficient (Wildman–Crippen LogP) is 2.98. The quantitative estimate of drug-likeness (QED) is 0.559. The van der Waals surface area contributed by atoms with Crippen molar-refractivity contribution in [2.24, 2.45) is 0 Å². The highest BCUT2D eigenvalue weighted by atomic mass is 32.2. The van der Waals surface area contributed by atoms with Crippen molar-refractivity contribution in [1.82, 2.24) is 15.3 Å². The Kier molecular flexibility index (Phi) is 5.37. The largest absolute Gasteiger partial charge is 0.384 e. The SMILES string of the molecule is Nc1cc(CS(=O)(=O)c2ccccc2)nc(-c2ccc(NC(=O)NC3CC3)cc2)n1. The van der Waals surface area contributed by atoms with Crippen LogP contribution in [0.5, 0.6) is 0 Å². The molecule has 8 nitrogen and oxygen atoms in total. The van der Waals surface area contributed by atoms with Gasteiger partial charge in [0.25, 0.3) is 0 Å². The summed E-state index contributed by atoms with van der Waals surface area (Å²) in [6.45, 7) is 0. The van der Waals surface area contributed by atoms with Gasteiger partial charge in [-0.25, -0.2) is 23.2 Å². The number of urea groups is 1. The molecular weight excluding hydrogens is 402 g/mol. The molecule has 9 heteroatoms. The van der Waals surface area contributed by atoms with Crippen LogP contribution in [0.25, 0.3) is 11.4 Å². The first kappa shape index (κ1) is 19.8. The molecule has 1 aliphatic rings. The Balaban J connectivity index is 1.52. The number of carbonyl (C=O) groups is 1. The van der Waals surface area contributed by atoms with Gasteiger partial charge in [-0.3, -0.25) is 0 Å². The van der Waals surface area contributed by atoms with Crippen molar-refractivity contribution >= 4 is 27.4 Å². The summed E-state index contributed by atoms with van der Waals surface area (Å²) in [7, 11) is -3.55. The number of rotatable bonds is 6. The summed E-state index contributed by atoms with van der Waals surface area (Å²) >= 11 is 0. The van der Waals surface area contributed by atoms with Crippen LogP contribution in [-0.4, -0.2) is 30.5 Å². The predicted molar refractivity (Wildman–Crippen MR) is 114 cm³/mol. The number of hydrogen-bond donors (Lipinski definition) is 3. The van der Waals surface area contributed by atoms with E-state index in [0.29, 0.717) is 22.8 Å². The summed E-state index contributed by atoms with van der Waals surface area (Å²) in [6.07, 6.45) is 2.03. The van der Waals surface area contributed by atoms with Gasteiger partial charge < -0.3 is 16.4 Å². The van der Waals surface area contributed by atoms with Crippen molar-refractivity contribution in [3.05, 3.63) is 66.4 Å². The van der Waals surface area contributed by atoms with Gasteiger partial charge in [0.15, 0.2) is 15.7 Å². The van der Waals surface area contributed by atoms with Gasteiger partial charge in [-0.15, -0.1) is 0 Å². The number of anilines is 2. The molecular formula is C21H21N5O3S. The molecule has 2 aromatic carbocycles. The highest BCUT2D eigenvalue weighted by Gasteiger charge is 2.23. The molecule has 4 rings (SSSR count). The smallest absolute Gasteiger partial charge is 0.319 e. The minimum Gasteiger partial charge on any atom is -0.384 e. The summed E-state index contributed by atoms with van der Waals surface area (Å²) in [5.41, 5.74) is 7.50. The lowest BCUT2D eigenvalue weighted by Gasteiger charge is -2.09. The first-order chi connectivity index (χ1) is 14.4. The van der Waals surface area contributed by atoms with Gasteiger partial charge in [-0.1, -0.05) is 18.2 Å². The van der Waals surface area contributed by atoms with E-state index in [9.17, 15) is 13.2 Å². The molecule has 0 radical (unpaired) electrons. The van der Waals surface area contributed by atoms with Crippen molar-refractivity contribution in [3.63, 3.8) is 0 Å². The summed E-state index contributed by atoms with van der Waals surface area (Å²) < 4.78 is 25.3. The second kappa shape index (κ2) is 8.11. The fourth-order valence-corrected chi connectivity index (χ4v) is 4.19. The molecule has 3 aromatic rings. The first-order valence-electron chi connectivity index (χ1n) is 9.48. The van der Waals surface area contributed by atoms with E-state index in [2.05, 4.69) is 20.6 Å². The van der Waals surface area contributed by atoms with Crippen LogP contribution in [0.2, 0.25) is 0 Å². The average molecular weight is 423 g/mol. The number of carbonyl (C=O) groups excluding carboxylic acids is 1. The number of nitrogen functional groups attached to an aromatic ring is 1. The molecule has 1 heterocycles. The number of amides is 2. The van der Waals surface area contributed by atoms with Crippen molar-refractivity contribution in [2.45, 2.75) is 29.5 Å². The van der Waals surface area contributed by atoms with Crippen molar-refractivity contribution in [2.75, 3.05) is 11.1 Å². The maximum Gasteiger partial charge on any atom is 0.319 e. The zero-order valence-corrected chi connectivity index (χ0v) is 16.9. The summed E-state index contributed by atoms with van der Waals surface area (Å²) in [6, 6.07) is 16.7. The lowest BCUT2D eigenvalue weighted by Crippen LogP contribution is -2.30. The minimum atomic E-state index is -3.55. The molecule has 0 saturated heterocycles. The van der Waals surface area contributed by atoms with Crippen LogP contribution in [0, 0.1) is 0 Å². The molecule has 154 valence electrons. The Bertz CT molecular complexity index is 1160. The highest BCUT2D eigenvalue weighted by Crippen LogP contribution is 2.22. The van der Waals surface area contributed by atoms with E-state index in [1.165, 1.54) is 6.07 Å². The highest BCUT2D eigenvalue weighted by molar-refractivity contribution is 7.90. The summed E-state index contributed by atoms with van der Waals surface area (Å²) in [5, 5.41) is 5.62. The summed E-state index contributed by atoms with van der Waals surface area (Å²) in [4.78, 5) is 20.7. The Morgan fingerprint density at radius 3 is 2.40 bits per heavy atom. The third-order valence-corrected chi connectivity index (χ3v) is 6.22. The first-order valence-corrected chi connectivity index (χ1v) is 11.1. The van der Waals surface area contributed by atoms with E-state index in [1.54, 1.807) is 54.6 Å². The third kappa shape index (κ3) is 4.93. The van der Waals surface area contributed by atoms with E-state index >= 15 is 0 Å². The fourth-order valence-electron chi connectivity index (χ4n) is 2.91. The Morgan fingerprint density at radius 2 is 1.73 bits per heavy atom. The van der Waals surface area contributed by atoms with Gasteiger partial charge in [0, 0.05) is 23.4 Å². The van der Waals surface area contributed by atoms with Crippen molar-refractivity contribution in [3.8, 4) is 11.4 Å². The zero-order chi connectivity index (χ0) is 21.1. The van der Waals surface area contributed by atoms with Crippen molar-refractivity contribution in [1.29, 1.82) is 0 Å². The van der Waals surface area contributed by atoms with Gasteiger partial charge in [0.2, 0.25) is 0 Å². The molecule has 0 bridgehead atoms. The van der Waals surface area contributed by atoms with Gasteiger partial charge in [-0.2, -0.15) is 0 Å². The number of aromatic nitrogens is 2. The van der Waals surface area contributed by atoms with Crippen LogP contribution in [0.1, 0.15) is 18.5 Å². The van der Waals surface area contributed by atoms with Gasteiger partial charge in [-0.05, 0) is 49.2 Å². The molecule has 0 unspecified atom stereocenters. The van der Waals surface area contributed by atoms with Crippen LogP contribution in [-0.2, 0) is 15.6 Å². The monoisotopic (exact) mass is 423 g/mol. The van der Waals surface area contributed by atoms with Crippen LogP contribution >= 0.6 is 0 Å². The fraction of sp³-hybridized carbons (Fsp3) is 0.190. The normalized spacial score (nSPS) is 13.6. The van der Waals surface area contributed by atoms with E-state index in [4.69, 9.17) is 5.73 Å². The average Bonchev–Trinajstić information content (AvgIpc) is 3.52. The topological polar surface area (TPSA) is 127 Å². The molecule has 1 fully saturated rings. The number of benzene rings is 2. The maximum atomic E-state index is 12.6. The Labute approximate surface area is 174 Å². The van der Waals surface area contributed by atoms with E-state index in [0.717, 1.165) is 12.8 Å². The lowest BCUT2D eigenvalue weighted by atomic mass is 10.2. The van der Waals surface area contributed by atoms with Gasteiger partial charge in [0.1, 0.15) is 5.82 Å². The third-order valence-electron chi connectivity index (χ3n) is 4.55. The minimum absolute atomic E-state index is 0.185. The molecule has 1 aliphatic carbocycles. The summed E-state index contributed by atoms with van der Waals surface area (Å²) in [5.74, 6) is 0.226. The molecule has 1 aromatic heterocycles. The lowest BCUT2D eigenvalue weighted by molar-refractivity contribution is 0.251. The molecule has 0 atom stereocenters. The van der Waals surface area contributed by atoms with E-state index < -0.39 is 9.84 Å². The molecule has 4 N–H and O–H groups in total. The Hall–Kier alpha value is -3.46. The second-order valence-corrected chi connectivity index (χ2v) is 9.12. The molecule has 0 spiro atoms. The van der Waals surface area contributed by atoms with E-state index in [1.807, 2.05) is 0 Å². The Morgan fingerprint density at radius 1 is 1.03 bits per heavy atom. The van der Waals surface area contributed by atoms with Crippen LogP contribution in [0.15, 0.2) is 65.6 Å². The number of nitrogens with two attached hydrogens (primary N) is 1. The van der Waals surface area contributed by atoms with Gasteiger partial charge in [0.05, 0.1) is 16.3 Å². The molecule has 1 saturated carbocycles. The number of nitrogens with zero attached hydrogens (tertiary/aromatic N) is 2. The molecule has 30 heavy (non-hydrogen) atoms. The standard InChI is InChI=1S/C21H21N5O3S/c22-19-12-17(13-30(28,29)18-4-2-1-3-5-18)23-20(26-19)14-6-8-15(9-7-14)24-21(27)25-16-10-11-16/h1-9,12,16H,10-11,13H2,(H2,22,23,26)(H2,24,25,27). The zero-order valence-electron chi connectivity index (χ0n) is 16.1. The number of hydrogen-bond acceptors (Lipinski definition) is 6. The van der Waals surface area contributed by atoms with Crippen molar-refractivity contribution < 1.29 is 13.2 Å². The number of nitrogens with one attached hydrogen (secondary N) is 2. The maximum absolute atomic E-state index is 12.6. The molecule has 2 amide bonds. The molecule has 0 aliphatic heterocycles. The number of sulfone groups is 1. The second-order valence-electron chi connectivity index (χ2n) is 7.13. The van der Waals surface area contributed by atoms with Crippen LogP contribution in [0.3, 0.4) is 0 Å². The van der Waals surface area contributed by atoms with Crippen LogP contribution < -0.4 is 16.4 Å². The van der Waals surface area contributed by atoms with E-state index in [-0.39, 0.29) is 28.5 Å².